The van der Waals surface area contributed by atoms with Gasteiger partial charge in [0, 0.05) is 85.3 Å². The minimum atomic E-state index is -1.12. The number of benzene rings is 1. The van der Waals surface area contributed by atoms with E-state index < -0.39 is 29.6 Å². The monoisotopic (exact) mass is 857 g/mol. The zero-order chi connectivity index (χ0) is 43.6. The number of hydrogen-bond donors (Lipinski definition) is 2. The number of cyclic esters (lactones) is 1. The highest BCUT2D eigenvalue weighted by molar-refractivity contribution is 7.10. The van der Waals surface area contributed by atoms with Crippen molar-refractivity contribution in [1.82, 2.24) is 35.2 Å². The van der Waals surface area contributed by atoms with Gasteiger partial charge in [0.05, 0.1) is 43.0 Å². The number of carbonyl (C=O) groups is 3. The number of fused-ring (bicyclic) bond motifs is 6. The van der Waals surface area contributed by atoms with Crippen LogP contribution in [0.4, 0.5) is 0 Å². The predicted molar refractivity (Wildman–Crippen MR) is 236 cm³/mol. The van der Waals surface area contributed by atoms with E-state index in [1.807, 2.05) is 25.4 Å². The number of rotatable bonds is 13. The number of hydrazine groups is 1. The van der Waals surface area contributed by atoms with Gasteiger partial charge in [0.25, 0.3) is 5.91 Å². The molecule has 2 N–H and O–H groups in total. The van der Waals surface area contributed by atoms with Gasteiger partial charge in [-0.2, -0.15) is 0 Å². The summed E-state index contributed by atoms with van der Waals surface area (Å²) in [6.45, 7) is 15.8. The second-order valence-corrected chi connectivity index (χ2v) is 18.7. The Hall–Kier alpha value is -4.25. The molecule has 2 aliphatic heterocycles. The van der Waals surface area contributed by atoms with Gasteiger partial charge in [0.15, 0.2) is 0 Å². The van der Waals surface area contributed by atoms with Crippen molar-refractivity contribution in [3.05, 3.63) is 58.2 Å². The van der Waals surface area contributed by atoms with Crippen molar-refractivity contribution in [1.29, 1.82) is 0 Å². The van der Waals surface area contributed by atoms with E-state index in [1.54, 1.807) is 20.4 Å². The number of ether oxygens (including phenoxy) is 4. The first-order valence-electron chi connectivity index (χ1n) is 21.7. The number of methoxy groups -OCH3 is 2. The summed E-state index contributed by atoms with van der Waals surface area (Å²) < 4.78 is 26.3. The van der Waals surface area contributed by atoms with Crippen LogP contribution in [0, 0.1) is 23.2 Å². The first kappa shape index (κ1) is 44.8. The predicted octanol–water partition coefficient (Wildman–Crippen LogP) is 6.20. The van der Waals surface area contributed by atoms with Gasteiger partial charge in [-0.25, -0.2) is 10.4 Å². The SMILES string of the molecule is CCn1c(-c2cccnc2[C@H](C)OC)c2c3cc(ccc31)-c1csc(n1)C(OCCN(C)CCOC)[C@H](NC(=O)C1[C@@H](C)[C@H]1C)C(=O)N1CCC[C@H](N1)C(=O)OCC(C)(C)C2. The molecule has 1 saturated heterocycles. The van der Waals surface area contributed by atoms with Crippen LogP contribution in [0.25, 0.3) is 33.4 Å². The summed E-state index contributed by atoms with van der Waals surface area (Å²) >= 11 is 1.41. The quantitative estimate of drug-likeness (QED) is 0.148. The fourth-order valence-corrected chi connectivity index (χ4v) is 9.75. The summed E-state index contributed by atoms with van der Waals surface area (Å²) in [6.07, 6.45) is 2.31. The minimum absolute atomic E-state index is 0.158. The van der Waals surface area contributed by atoms with Gasteiger partial charge in [-0.3, -0.25) is 24.4 Å². The van der Waals surface area contributed by atoms with E-state index in [4.69, 9.17) is 28.9 Å². The molecule has 61 heavy (non-hydrogen) atoms. The van der Waals surface area contributed by atoms with Crippen molar-refractivity contribution in [2.75, 3.05) is 60.7 Å². The lowest BCUT2D eigenvalue weighted by atomic mass is 9.84. The van der Waals surface area contributed by atoms with Gasteiger partial charge in [-0.15, -0.1) is 11.3 Å². The van der Waals surface area contributed by atoms with Gasteiger partial charge in [0.2, 0.25) is 5.91 Å². The molecule has 3 aromatic heterocycles. The summed E-state index contributed by atoms with van der Waals surface area (Å²) in [5, 5.41) is 8.24. The van der Waals surface area contributed by atoms with Gasteiger partial charge in [-0.05, 0) is 81.8 Å². The highest BCUT2D eigenvalue weighted by Crippen LogP contribution is 2.46. The lowest BCUT2D eigenvalue weighted by Gasteiger charge is -2.37. The molecule has 2 fully saturated rings. The van der Waals surface area contributed by atoms with Gasteiger partial charge >= 0.3 is 5.97 Å². The molecular weight excluding hydrogens is 795 g/mol. The molecule has 2 unspecified atom stereocenters. The van der Waals surface area contributed by atoms with Crippen LogP contribution >= 0.6 is 11.3 Å². The molecule has 3 aliphatic rings. The number of esters is 1. The van der Waals surface area contributed by atoms with Gasteiger partial charge < -0.3 is 33.7 Å². The van der Waals surface area contributed by atoms with Crippen LogP contribution in [0.3, 0.4) is 0 Å². The minimum Gasteiger partial charge on any atom is -0.464 e. The Labute approximate surface area is 363 Å². The average Bonchev–Trinajstić information content (AvgIpc) is 3.54. The van der Waals surface area contributed by atoms with Crippen molar-refractivity contribution in [3.63, 3.8) is 0 Å². The number of hydrogen-bond acceptors (Lipinski definition) is 12. The Bertz CT molecular complexity index is 2200. The standard InChI is InChI=1S/C46H63N7O7S/c1-10-52-36-16-15-30-23-32(36)33(40(52)31-13-11-17-47-38(31)29(4)58-9)24-46(5,6)26-60-45(56)34-14-12-18-53(50-34)44(55)39(49-42(54)37-27(2)28(37)3)41(43-48-35(30)25-61-43)59-22-20-51(7)19-21-57-8/h11,13,15-17,23,25,27-29,34,37,39,41,50H,10,12,14,18-22,24,26H2,1-9H3,(H,49,54)/t27-,28+,29-,34-,37?,39-,41?/m0/s1. The summed E-state index contributed by atoms with van der Waals surface area (Å²) in [5.41, 5.74) is 9.43. The van der Waals surface area contributed by atoms with Crippen LogP contribution in [-0.2, 0) is 46.3 Å². The average molecular weight is 858 g/mol. The summed E-state index contributed by atoms with van der Waals surface area (Å²) in [4.78, 5) is 54.8. The topological polar surface area (TPSA) is 149 Å². The normalized spacial score (nSPS) is 24.7. The van der Waals surface area contributed by atoms with Crippen molar-refractivity contribution in [2.45, 2.75) is 91.6 Å². The highest BCUT2D eigenvalue weighted by Gasteiger charge is 2.50. The molecule has 7 atom stereocenters. The fourth-order valence-electron chi connectivity index (χ4n) is 8.84. The van der Waals surface area contributed by atoms with Crippen LogP contribution < -0.4 is 10.7 Å². The van der Waals surface area contributed by atoms with Crippen molar-refractivity contribution < 1.29 is 33.3 Å². The number of carbonyl (C=O) groups excluding carboxylic acids is 3. The Morgan fingerprint density at radius 3 is 2.64 bits per heavy atom. The molecule has 2 amide bonds. The molecule has 0 radical (unpaired) electrons. The van der Waals surface area contributed by atoms with Crippen molar-refractivity contribution in [2.24, 2.45) is 23.2 Å². The van der Waals surface area contributed by atoms with Gasteiger partial charge in [-0.1, -0.05) is 33.8 Å². The molecular formula is C46H63N7O7S. The molecule has 4 aromatic rings. The molecule has 15 heteroatoms. The largest absolute Gasteiger partial charge is 0.464 e. The Morgan fingerprint density at radius 2 is 1.92 bits per heavy atom. The molecule has 5 heterocycles. The first-order chi connectivity index (χ1) is 29.3. The van der Waals surface area contributed by atoms with Crippen LogP contribution in [0.15, 0.2) is 41.9 Å². The lowest BCUT2D eigenvalue weighted by Crippen LogP contribution is -2.61. The van der Waals surface area contributed by atoms with E-state index >= 15 is 0 Å². The number of nitrogens with one attached hydrogen (secondary N) is 2. The van der Waals surface area contributed by atoms with E-state index in [0.29, 0.717) is 57.1 Å². The second kappa shape index (κ2) is 19.0. The van der Waals surface area contributed by atoms with E-state index in [2.05, 4.69) is 79.1 Å². The number of aromatic nitrogens is 3. The van der Waals surface area contributed by atoms with E-state index in [1.165, 1.54) is 16.3 Å². The van der Waals surface area contributed by atoms with Crippen LogP contribution in [0.1, 0.15) is 82.9 Å². The van der Waals surface area contributed by atoms with Gasteiger partial charge in [0.1, 0.15) is 23.2 Å². The molecule has 14 nitrogen and oxygen atoms in total. The number of thiazole rings is 1. The third-order valence-corrected chi connectivity index (χ3v) is 13.7. The summed E-state index contributed by atoms with van der Waals surface area (Å²) in [6, 6.07) is 8.64. The molecule has 7 rings (SSSR count). The molecule has 1 aromatic carbocycles. The van der Waals surface area contributed by atoms with Crippen LogP contribution in [0.5, 0.6) is 0 Å². The van der Waals surface area contributed by atoms with Crippen LogP contribution in [0.2, 0.25) is 0 Å². The highest BCUT2D eigenvalue weighted by atomic mass is 32.1. The fraction of sp³-hybridized carbons (Fsp3) is 0.587. The third kappa shape index (κ3) is 9.57. The zero-order valence-corrected chi connectivity index (χ0v) is 38.0. The maximum atomic E-state index is 14.8. The molecule has 6 bridgehead atoms. The lowest BCUT2D eigenvalue weighted by molar-refractivity contribution is -0.157. The maximum Gasteiger partial charge on any atom is 0.324 e. The number of aryl methyl sites for hydroxylation is 1. The first-order valence-corrected chi connectivity index (χ1v) is 22.6. The van der Waals surface area contributed by atoms with Crippen molar-refractivity contribution >= 4 is 40.0 Å². The molecule has 0 spiro atoms. The maximum absolute atomic E-state index is 14.8. The molecule has 330 valence electrons. The Morgan fingerprint density at radius 1 is 1.15 bits per heavy atom. The molecule has 1 saturated carbocycles. The van der Waals surface area contributed by atoms with Crippen molar-refractivity contribution in [3.8, 4) is 22.5 Å². The van der Waals surface area contributed by atoms with E-state index in [-0.39, 0.29) is 48.9 Å². The van der Waals surface area contributed by atoms with E-state index in [9.17, 15) is 14.4 Å². The number of likely N-dealkylation sites (N-methyl/N-ethyl adjacent to an activating group) is 1. The number of nitrogens with zero attached hydrogens (tertiary/aromatic N) is 5. The smallest absolute Gasteiger partial charge is 0.324 e. The summed E-state index contributed by atoms with van der Waals surface area (Å²) in [5.74, 6) is -0.824. The summed E-state index contributed by atoms with van der Waals surface area (Å²) in [7, 11) is 5.35. The van der Waals surface area contributed by atoms with E-state index in [0.717, 1.165) is 44.7 Å². The Balaban J connectivity index is 1.38. The third-order valence-electron chi connectivity index (χ3n) is 12.8. The van der Waals surface area contributed by atoms with Crippen LogP contribution in [-0.4, -0.2) is 115 Å². The Kier molecular flexibility index (Phi) is 14.0. The zero-order valence-electron chi connectivity index (χ0n) is 37.2. The molecule has 1 aliphatic carbocycles. The number of amides is 2. The number of pyridine rings is 1. The second-order valence-electron chi connectivity index (χ2n) is 17.8.